The molecule has 2 N–H and O–H groups in total. The summed E-state index contributed by atoms with van der Waals surface area (Å²) >= 11 is 0. The molecule has 0 amide bonds. The van der Waals surface area contributed by atoms with E-state index in [1.807, 2.05) is 0 Å². The lowest BCUT2D eigenvalue weighted by molar-refractivity contribution is 0.415. The number of rotatable bonds is 4. The average molecular weight is 274 g/mol. The molecule has 0 saturated heterocycles. The number of nitrogens with one attached hydrogen (secondary N) is 2. The van der Waals surface area contributed by atoms with Crippen molar-refractivity contribution in [1.29, 1.82) is 0 Å². The molecule has 0 fully saturated rings. The molecular formula is C17H26N2O. The van der Waals surface area contributed by atoms with Gasteiger partial charge in [0.2, 0.25) is 0 Å². The van der Waals surface area contributed by atoms with Crippen LogP contribution in [0.3, 0.4) is 0 Å². The molecule has 0 spiro atoms. The molecule has 1 aliphatic heterocycles. The van der Waals surface area contributed by atoms with Gasteiger partial charge in [-0.3, -0.25) is 0 Å². The molecule has 3 heteroatoms. The second kappa shape index (κ2) is 5.39. The van der Waals surface area contributed by atoms with Crippen LogP contribution in [0.15, 0.2) is 18.2 Å². The Hall–Kier alpha value is -1.64. The summed E-state index contributed by atoms with van der Waals surface area (Å²) in [5.41, 5.74) is 4.66. The third-order valence-corrected chi connectivity index (χ3v) is 3.80. The number of hydrogen-bond donors (Lipinski definition) is 2. The number of methoxy groups -OCH3 is 1. The summed E-state index contributed by atoms with van der Waals surface area (Å²) in [5.74, 6) is 0.897. The fourth-order valence-electron chi connectivity index (χ4n) is 2.66. The number of benzene rings is 1. The molecule has 0 radical (unpaired) electrons. The predicted octanol–water partition coefficient (Wildman–Crippen LogP) is 4.51. The van der Waals surface area contributed by atoms with Crippen LogP contribution >= 0.6 is 0 Å². The van der Waals surface area contributed by atoms with Crippen LogP contribution < -0.4 is 15.4 Å². The Balaban J connectivity index is 2.47. The summed E-state index contributed by atoms with van der Waals surface area (Å²) in [4.78, 5) is 0. The highest BCUT2D eigenvalue weighted by Crippen LogP contribution is 2.42. The van der Waals surface area contributed by atoms with E-state index in [2.05, 4.69) is 63.5 Å². The highest BCUT2D eigenvalue weighted by Gasteiger charge is 2.25. The summed E-state index contributed by atoms with van der Waals surface area (Å²) in [6.07, 6.45) is 3.36. The van der Waals surface area contributed by atoms with Crippen molar-refractivity contribution in [2.24, 2.45) is 0 Å². The Bertz CT molecular complexity index is 532. The normalized spacial score (nSPS) is 17.6. The maximum absolute atomic E-state index is 5.58. The number of allylic oxidation sites excluding steroid dienone is 1. The van der Waals surface area contributed by atoms with E-state index in [-0.39, 0.29) is 5.54 Å². The smallest absolute Gasteiger partial charge is 0.144 e. The molecule has 0 aliphatic carbocycles. The SMILES string of the molecule is CCC(C)Nc1cc(OC)c2c(c1)C(C)=CC(C)(C)N2. The first kappa shape index (κ1) is 14.8. The predicted molar refractivity (Wildman–Crippen MR) is 87.7 cm³/mol. The van der Waals surface area contributed by atoms with Crippen molar-refractivity contribution in [1.82, 2.24) is 0 Å². The molecule has 1 unspecified atom stereocenters. The van der Waals surface area contributed by atoms with Crippen molar-refractivity contribution in [3.63, 3.8) is 0 Å². The minimum Gasteiger partial charge on any atom is -0.494 e. The van der Waals surface area contributed by atoms with Crippen molar-refractivity contribution < 1.29 is 4.74 Å². The van der Waals surface area contributed by atoms with Gasteiger partial charge in [0, 0.05) is 23.4 Å². The first-order chi connectivity index (χ1) is 9.36. The van der Waals surface area contributed by atoms with Crippen LogP contribution in [0, 0.1) is 0 Å². The second-order valence-corrected chi connectivity index (χ2v) is 6.23. The lowest BCUT2D eigenvalue weighted by atomic mass is 9.90. The summed E-state index contributed by atoms with van der Waals surface area (Å²) in [6, 6.07) is 4.74. The summed E-state index contributed by atoms with van der Waals surface area (Å²) in [7, 11) is 1.73. The zero-order chi connectivity index (χ0) is 14.9. The lowest BCUT2D eigenvalue weighted by Crippen LogP contribution is -2.31. The van der Waals surface area contributed by atoms with Gasteiger partial charge in [-0.15, -0.1) is 0 Å². The molecule has 1 heterocycles. The van der Waals surface area contributed by atoms with Gasteiger partial charge in [0.05, 0.1) is 18.3 Å². The van der Waals surface area contributed by atoms with Gasteiger partial charge in [0.15, 0.2) is 0 Å². The van der Waals surface area contributed by atoms with Gasteiger partial charge < -0.3 is 15.4 Å². The largest absolute Gasteiger partial charge is 0.494 e. The Kier molecular flexibility index (Phi) is 3.98. The molecule has 1 aromatic carbocycles. The van der Waals surface area contributed by atoms with Crippen molar-refractivity contribution in [3.05, 3.63) is 23.8 Å². The molecule has 1 aliphatic rings. The van der Waals surface area contributed by atoms with E-state index in [0.717, 1.165) is 23.5 Å². The molecule has 0 bridgehead atoms. The van der Waals surface area contributed by atoms with Gasteiger partial charge in [-0.1, -0.05) is 13.0 Å². The zero-order valence-electron chi connectivity index (χ0n) is 13.4. The van der Waals surface area contributed by atoms with Gasteiger partial charge in [0.1, 0.15) is 5.75 Å². The van der Waals surface area contributed by atoms with Crippen LogP contribution in [-0.2, 0) is 0 Å². The Morgan fingerprint density at radius 2 is 2.05 bits per heavy atom. The van der Waals surface area contributed by atoms with Crippen LogP contribution in [0.1, 0.15) is 46.6 Å². The first-order valence-corrected chi connectivity index (χ1v) is 7.33. The van der Waals surface area contributed by atoms with Crippen molar-refractivity contribution in [2.45, 2.75) is 52.6 Å². The topological polar surface area (TPSA) is 33.3 Å². The van der Waals surface area contributed by atoms with Gasteiger partial charge >= 0.3 is 0 Å². The van der Waals surface area contributed by atoms with E-state index in [1.54, 1.807) is 7.11 Å². The van der Waals surface area contributed by atoms with Crippen molar-refractivity contribution >= 4 is 16.9 Å². The Labute approximate surface area is 122 Å². The second-order valence-electron chi connectivity index (χ2n) is 6.23. The zero-order valence-corrected chi connectivity index (χ0v) is 13.4. The minimum atomic E-state index is -0.0456. The lowest BCUT2D eigenvalue weighted by Gasteiger charge is -2.33. The van der Waals surface area contributed by atoms with E-state index < -0.39 is 0 Å². The maximum atomic E-state index is 5.58. The van der Waals surface area contributed by atoms with Gasteiger partial charge in [-0.2, -0.15) is 0 Å². The van der Waals surface area contributed by atoms with Crippen LogP contribution in [0.2, 0.25) is 0 Å². The fourth-order valence-corrected chi connectivity index (χ4v) is 2.66. The minimum absolute atomic E-state index is 0.0456. The fraction of sp³-hybridized carbons (Fsp3) is 0.529. The quantitative estimate of drug-likeness (QED) is 0.847. The molecule has 0 saturated carbocycles. The third-order valence-electron chi connectivity index (χ3n) is 3.80. The van der Waals surface area contributed by atoms with E-state index in [9.17, 15) is 0 Å². The molecule has 0 aromatic heterocycles. The van der Waals surface area contributed by atoms with Crippen molar-refractivity contribution in [2.75, 3.05) is 17.7 Å². The molecule has 2 rings (SSSR count). The highest BCUT2D eigenvalue weighted by atomic mass is 16.5. The highest BCUT2D eigenvalue weighted by molar-refractivity contribution is 5.86. The summed E-state index contributed by atoms with van der Waals surface area (Å²) < 4.78 is 5.58. The number of hydrogen-bond acceptors (Lipinski definition) is 3. The van der Waals surface area contributed by atoms with Crippen LogP contribution in [0.4, 0.5) is 11.4 Å². The van der Waals surface area contributed by atoms with E-state index in [0.29, 0.717) is 6.04 Å². The maximum Gasteiger partial charge on any atom is 0.144 e. The van der Waals surface area contributed by atoms with Gasteiger partial charge in [-0.05, 0) is 45.8 Å². The van der Waals surface area contributed by atoms with Crippen molar-refractivity contribution in [3.8, 4) is 5.75 Å². The molecule has 110 valence electrons. The molecule has 1 atom stereocenters. The van der Waals surface area contributed by atoms with E-state index in [1.165, 1.54) is 11.1 Å². The summed E-state index contributed by atoms with van der Waals surface area (Å²) in [5, 5.41) is 7.07. The third kappa shape index (κ3) is 2.92. The van der Waals surface area contributed by atoms with Gasteiger partial charge in [-0.25, -0.2) is 0 Å². The Morgan fingerprint density at radius 1 is 1.35 bits per heavy atom. The molecular weight excluding hydrogens is 248 g/mol. The first-order valence-electron chi connectivity index (χ1n) is 7.33. The van der Waals surface area contributed by atoms with Crippen LogP contribution in [0.25, 0.3) is 5.57 Å². The standard InChI is InChI=1S/C17H26N2O/c1-7-12(3)18-13-8-14-11(2)10-17(4,5)19-16(14)15(9-13)20-6/h8-10,12,18-19H,7H2,1-6H3. The average Bonchev–Trinajstić information content (AvgIpc) is 2.37. The van der Waals surface area contributed by atoms with E-state index >= 15 is 0 Å². The number of fused-ring (bicyclic) bond motifs is 1. The number of ether oxygens (including phenoxy) is 1. The molecule has 3 nitrogen and oxygen atoms in total. The Morgan fingerprint density at radius 3 is 2.65 bits per heavy atom. The van der Waals surface area contributed by atoms with E-state index in [4.69, 9.17) is 4.74 Å². The summed E-state index contributed by atoms with van der Waals surface area (Å²) in [6.45, 7) is 10.9. The van der Waals surface area contributed by atoms with Gasteiger partial charge in [0.25, 0.3) is 0 Å². The molecule has 1 aromatic rings. The van der Waals surface area contributed by atoms with Crippen LogP contribution in [0.5, 0.6) is 5.75 Å². The molecule has 20 heavy (non-hydrogen) atoms. The van der Waals surface area contributed by atoms with Crippen LogP contribution in [-0.4, -0.2) is 18.7 Å². The monoisotopic (exact) mass is 274 g/mol. The number of anilines is 2.